The second kappa shape index (κ2) is 7.48. The van der Waals surface area contributed by atoms with Crippen LogP contribution >= 0.6 is 23.8 Å². The minimum atomic E-state index is -0.397. The number of amides is 1. The van der Waals surface area contributed by atoms with Crippen molar-refractivity contribution in [2.75, 3.05) is 19.0 Å². The number of nitrogens with one attached hydrogen (secondary N) is 1. The van der Waals surface area contributed by atoms with Crippen molar-refractivity contribution >= 4 is 40.5 Å². The highest BCUT2D eigenvalue weighted by atomic mass is 35.5. The third kappa shape index (κ3) is 3.32. The van der Waals surface area contributed by atoms with Crippen molar-refractivity contribution in [3.05, 3.63) is 76.5 Å². The van der Waals surface area contributed by atoms with Gasteiger partial charge in [-0.3, -0.25) is 9.69 Å². The lowest BCUT2D eigenvalue weighted by molar-refractivity contribution is -0.125. The summed E-state index contributed by atoms with van der Waals surface area (Å²) in [6.45, 7) is 1.92. The molecule has 3 rings (SSSR count). The molecule has 1 atom stereocenters. The van der Waals surface area contributed by atoms with Crippen LogP contribution in [0.3, 0.4) is 0 Å². The molecule has 1 amide bonds. The van der Waals surface area contributed by atoms with E-state index in [1.54, 1.807) is 19.0 Å². The van der Waals surface area contributed by atoms with E-state index < -0.39 is 6.04 Å². The molecule has 0 spiro atoms. The van der Waals surface area contributed by atoms with E-state index in [-0.39, 0.29) is 5.91 Å². The first-order chi connectivity index (χ1) is 12.4. The van der Waals surface area contributed by atoms with E-state index in [1.165, 1.54) is 0 Å². The second-order valence-electron chi connectivity index (χ2n) is 6.27. The molecular formula is C20H20ClN3OS. The van der Waals surface area contributed by atoms with Gasteiger partial charge in [0.25, 0.3) is 5.91 Å². The van der Waals surface area contributed by atoms with Gasteiger partial charge >= 0.3 is 0 Å². The van der Waals surface area contributed by atoms with Gasteiger partial charge in [0, 0.05) is 30.5 Å². The number of benzene rings is 2. The summed E-state index contributed by atoms with van der Waals surface area (Å²) in [5.41, 5.74) is 3.15. The monoisotopic (exact) mass is 385 g/mol. The standard InChI is InChI=1S/C20H20ClN3OS/c1-13-17(19(25)23(2)3)18(15-11-7-8-12-16(15)21)22-20(26)24(13)14-9-5-4-6-10-14/h4-12,18H,1-3H3,(H,22,26)/t18-/m0/s1. The average molecular weight is 386 g/mol. The molecule has 1 aliphatic rings. The van der Waals surface area contributed by atoms with Gasteiger partial charge in [0.15, 0.2) is 5.11 Å². The Hall–Kier alpha value is -2.37. The lowest BCUT2D eigenvalue weighted by Crippen LogP contribution is -2.49. The van der Waals surface area contributed by atoms with Crippen LogP contribution in [0.2, 0.25) is 5.02 Å². The van der Waals surface area contributed by atoms with Crippen LogP contribution in [0.5, 0.6) is 0 Å². The van der Waals surface area contributed by atoms with E-state index in [1.807, 2.05) is 66.4 Å². The Morgan fingerprint density at radius 2 is 1.73 bits per heavy atom. The molecule has 1 heterocycles. The van der Waals surface area contributed by atoms with E-state index >= 15 is 0 Å². The maximum absolute atomic E-state index is 13.0. The van der Waals surface area contributed by atoms with Gasteiger partial charge in [-0.2, -0.15) is 0 Å². The maximum atomic E-state index is 13.0. The van der Waals surface area contributed by atoms with Crippen LogP contribution in [0.4, 0.5) is 5.69 Å². The van der Waals surface area contributed by atoms with Crippen LogP contribution in [-0.2, 0) is 4.79 Å². The number of anilines is 1. The Morgan fingerprint density at radius 1 is 1.12 bits per heavy atom. The molecule has 0 saturated heterocycles. The lowest BCUT2D eigenvalue weighted by Gasteiger charge is -2.38. The molecule has 0 fully saturated rings. The summed E-state index contributed by atoms with van der Waals surface area (Å²) >= 11 is 12.0. The lowest BCUT2D eigenvalue weighted by atomic mass is 9.93. The number of halogens is 1. The Labute approximate surface area is 164 Å². The topological polar surface area (TPSA) is 35.6 Å². The maximum Gasteiger partial charge on any atom is 0.253 e. The third-order valence-electron chi connectivity index (χ3n) is 4.35. The number of rotatable bonds is 3. The molecule has 2 aromatic rings. The molecular weight excluding hydrogens is 366 g/mol. The van der Waals surface area contributed by atoms with Crippen molar-refractivity contribution in [3.8, 4) is 0 Å². The number of hydrogen-bond donors (Lipinski definition) is 1. The van der Waals surface area contributed by atoms with Crippen LogP contribution in [0.25, 0.3) is 0 Å². The van der Waals surface area contributed by atoms with Crippen molar-refractivity contribution in [3.63, 3.8) is 0 Å². The van der Waals surface area contributed by atoms with E-state index in [4.69, 9.17) is 23.8 Å². The fourth-order valence-electron chi connectivity index (χ4n) is 3.09. The molecule has 4 nitrogen and oxygen atoms in total. The number of allylic oxidation sites excluding steroid dienone is 1. The zero-order valence-electron chi connectivity index (χ0n) is 14.9. The van der Waals surface area contributed by atoms with Gasteiger partial charge in [-0.1, -0.05) is 48.0 Å². The highest BCUT2D eigenvalue weighted by molar-refractivity contribution is 7.80. The first kappa shape index (κ1) is 18.4. The molecule has 6 heteroatoms. The first-order valence-electron chi connectivity index (χ1n) is 8.24. The van der Waals surface area contributed by atoms with Crippen LogP contribution in [0.15, 0.2) is 65.9 Å². The second-order valence-corrected chi connectivity index (χ2v) is 7.07. The summed E-state index contributed by atoms with van der Waals surface area (Å²) in [5, 5.41) is 4.44. The molecule has 0 radical (unpaired) electrons. The predicted molar refractivity (Wildman–Crippen MR) is 110 cm³/mol. The number of likely N-dealkylation sites (N-methyl/N-ethyl adjacent to an activating group) is 1. The highest BCUT2D eigenvalue weighted by Gasteiger charge is 2.35. The number of para-hydroxylation sites is 1. The molecule has 0 saturated carbocycles. The minimum absolute atomic E-state index is 0.0802. The number of carbonyl (C=O) groups is 1. The Kier molecular flexibility index (Phi) is 5.30. The number of hydrogen-bond acceptors (Lipinski definition) is 2. The molecule has 0 bridgehead atoms. The van der Waals surface area contributed by atoms with E-state index in [0.29, 0.717) is 15.7 Å². The smallest absolute Gasteiger partial charge is 0.253 e. The number of carbonyl (C=O) groups excluding carboxylic acids is 1. The first-order valence-corrected chi connectivity index (χ1v) is 9.03. The quantitative estimate of drug-likeness (QED) is 0.805. The highest BCUT2D eigenvalue weighted by Crippen LogP contribution is 2.36. The molecule has 0 aliphatic carbocycles. The summed E-state index contributed by atoms with van der Waals surface area (Å²) in [6.07, 6.45) is 0. The molecule has 134 valence electrons. The SMILES string of the molecule is CC1=C(C(=O)N(C)C)[C@H](c2ccccc2Cl)NC(=S)N1c1ccccc1. The van der Waals surface area contributed by atoms with Crippen molar-refractivity contribution in [2.24, 2.45) is 0 Å². The van der Waals surface area contributed by atoms with E-state index in [9.17, 15) is 4.79 Å². The fourth-order valence-corrected chi connectivity index (χ4v) is 3.70. The van der Waals surface area contributed by atoms with Crippen LogP contribution in [0, 0.1) is 0 Å². The van der Waals surface area contributed by atoms with Crippen LogP contribution in [-0.4, -0.2) is 30.0 Å². The Morgan fingerprint density at radius 3 is 2.35 bits per heavy atom. The Balaban J connectivity index is 2.19. The summed E-state index contributed by atoms with van der Waals surface area (Å²) < 4.78 is 0. The van der Waals surface area contributed by atoms with Crippen molar-refractivity contribution in [1.82, 2.24) is 10.2 Å². The normalized spacial score (nSPS) is 17.2. The van der Waals surface area contributed by atoms with E-state index in [2.05, 4.69) is 5.32 Å². The number of thiocarbonyl (C=S) groups is 1. The van der Waals surface area contributed by atoms with Crippen molar-refractivity contribution < 1.29 is 4.79 Å². The molecule has 0 unspecified atom stereocenters. The molecule has 0 aromatic heterocycles. The summed E-state index contributed by atoms with van der Waals surface area (Å²) in [6, 6.07) is 16.9. The van der Waals surface area contributed by atoms with Gasteiger partial charge in [0.1, 0.15) is 0 Å². The zero-order valence-corrected chi connectivity index (χ0v) is 16.4. The average Bonchev–Trinajstić information content (AvgIpc) is 2.62. The third-order valence-corrected chi connectivity index (χ3v) is 5.00. The van der Waals surface area contributed by atoms with Gasteiger partial charge in [-0.15, -0.1) is 0 Å². The van der Waals surface area contributed by atoms with Crippen LogP contribution < -0.4 is 10.2 Å². The van der Waals surface area contributed by atoms with Gasteiger partial charge in [0.2, 0.25) is 0 Å². The summed E-state index contributed by atoms with van der Waals surface area (Å²) in [5.74, 6) is -0.0802. The summed E-state index contributed by atoms with van der Waals surface area (Å²) in [7, 11) is 3.48. The molecule has 1 aliphatic heterocycles. The largest absolute Gasteiger partial charge is 0.351 e. The van der Waals surface area contributed by atoms with Gasteiger partial charge in [-0.05, 0) is 42.9 Å². The fraction of sp³-hybridized carbons (Fsp3) is 0.200. The number of nitrogens with zero attached hydrogens (tertiary/aromatic N) is 2. The van der Waals surface area contributed by atoms with Gasteiger partial charge < -0.3 is 10.2 Å². The Bertz CT molecular complexity index is 880. The van der Waals surface area contributed by atoms with Crippen LogP contribution in [0.1, 0.15) is 18.5 Å². The van der Waals surface area contributed by atoms with Gasteiger partial charge in [0.05, 0.1) is 11.6 Å². The molecule has 1 N–H and O–H groups in total. The van der Waals surface area contributed by atoms with E-state index in [0.717, 1.165) is 16.9 Å². The zero-order chi connectivity index (χ0) is 18.8. The minimum Gasteiger partial charge on any atom is -0.351 e. The van der Waals surface area contributed by atoms with Crippen molar-refractivity contribution in [1.29, 1.82) is 0 Å². The summed E-state index contributed by atoms with van der Waals surface area (Å²) in [4.78, 5) is 16.5. The van der Waals surface area contributed by atoms with Gasteiger partial charge in [-0.25, -0.2) is 0 Å². The van der Waals surface area contributed by atoms with Crippen molar-refractivity contribution in [2.45, 2.75) is 13.0 Å². The predicted octanol–water partition coefficient (Wildman–Crippen LogP) is 4.14. The molecule has 26 heavy (non-hydrogen) atoms. The molecule has 2 aromatic carbocycles.